The maximum atomic E-state index is 13.1. The predicted octanol–water partition coefficient (Wildman–Crippen LogP) is 3.25. The third-order valence-electron chi connectivity index (χ3n) is 2.15. The van der Waals surface area contributed by atoms with Gasteiger partial charge in [-0.15, -0.1) is 0 Å². The smallest absolute Gasteiger partial charge is 0.354 e. The Balaban J connectivity index is 2.51. The third kappa shape index (κ3) is 1.95. The predicted molar refractivity (Wildman–Crippen MR) is 61.9 cm³/mol. The van der Waals surface area contributed by atoms with E-state index < -0.39 is 5.97 Å². The van der Waals surface area contributed by atoms with Crippen molar-refractivity contribution in [2.24, 2.45) is 0 Å². The summed E-state index contributed by atoms with van der Waals surface area (Å²) in [4.78, 5) is 14.3. The van der Waals surface area contributed by atoms with E-state index in [1.165, 1.54) is 12.1 Å². The van der Waals surface area contributed by atoms with Crippen molar-refractivity contribution < 1.29 is 13.9 Å². The molecule has 0 saturated carbocycles. The van der Waals surface area contributed by atoms with Crippen LogP contribution in [0.4, 0.5) is 4.39 Å². The maximum absolute atomic E-state index is 13.1. The molecular formula is C11H9BrFNO2. The molecule has 0 amide bonds. The molecule has 1 N–H and O–H groups in total. The van der Waals surface area contributed by atoms with Crippen LogP contribution in [0.5, 0.6) is 0 Å². The molecular weight excluding hydrogens is 277 g/mol. The zero-order chi connectivity index (χ0) is 11.7. The molecule has 0 radical (unpaired) electrons. The van der Waals surface area contributed by atoms with Crippen LogP contribution >= 0.6 is 15.9 Å². The van der Waals surface area contributed by atoms with Gasteiger partial charge in [-0.2, -0.15) is 0 Å². The highest BCUT2D eigenvalue weighted by Gasteiger charge is 2.12. The third-order valence-corrected chi connectivity index (χ3v) is 2.80. The Kier molecular flexibility index (Phi) is 2.96. The van der Waals surface area contributed by atoms with E-state index in [0.29, 0.717) is 22.3 Å². The monoisotopic (exact) mass is 285 g/mol. The molecule has 1 aromatic heterocycles. The Bertz CT molecular complexity index is 550. The minimum Gasteiger partial charge on any atom is -0.461 e. The highest BCUT2D eigenvalue weighted by atomic mass is 79.9. The fourth-order valence-corrected chi connectivity index (χ4v) is 2.03. The van der Waals surface area contributed by atoms with Crippen LogP contribution in [0, 0.1) is 5.82 Å². The van der Waals surface area contributed by atoms with Crippen LogP contribution < -0.4 is 0 Å². The van der Waals surface area contributed by atoms with Gasteiger partial charge in [0, 0.05) is 9.86 Å². The number of fused-ring (bicyclic) bond motifs is 1. The molecule has 0 spiro atoms. The van der Waals surface area contributed by atoms with Gasteiger partial charge in [0.15, 0.2) is 0 Å². The summed E-state index contributed by atoms with van der Waals surface area (Å²) in [7, 11) is 0. The second-order valence-corrected chi connectivity index (χ2v) is 4.11. The zero-order valence-electron chi connectivity index (χ0n) is 8.51. The molecule has 16 heavy (non-hydrogen) atoms. The highest BCUT2D eigenvalue weighted by Crippen LogP contribution is 2.26. The fraction of sp³-hybridized carbons (Fsp3) is 0.182. The van der Waals surface area contributed by atoms with E-state index in [-0.39, 0.29) is 5.82 Å². The first kappa shape index (κ1) is 11.1. The largest absolute Gasteiger partial charge is 0.461 e. The molecule has 3 nitrogen and oxygen atoms in total. The normalized spacial score (nSPS) is 10.7. The van der Waals surface area contributed by atoms with Crippen LogP contribution in [-0.2, 0) is 4.74 Å². The van der Waals surface area contributed by atoms with E-state index in [1.54, 1.807) is 13.0 Å². The second kappa shape index (κ2) is 4.25. The lowest BCUT2D eigenvalue weighted by Gasteiger charge is -1.96. The average Bonchev–Trinajstić information content (AvgIpc) is 2.62. The number of benzene rings is 1. The number of hydrogen-bond donors (Lipinski definition) is 1. The van der Waals surface area contributed by atoms with E-state index in [0.717, 1.165) is 5.39 Å². The average molecular weight is 286 g/mol. The Labute approximate surface area is 99.7 Å². The van der Waals surface area contributed by atoms with Gasteiger partial charge in [-0.25, -0.2) is 9.18 Å². The Morgan fingerprint density at radius 1 is 1.50 bits per heavy atom. The maximum Gasteiger partial charge on any atom is 0.354 e. The minimum absolute atomic E-state index is 0.309. The molecule has 0 aliphatic heterocycles. The van der Waals surface area contributed by atoms with Crippen LogP contribution in [0.1, 0.15) is 17.4 Å². The fourth-order valence-electron chi connectivity index (χ4n) is 1.48. The van der Waals surface area contributed by atoms with Crippen LogP contribution in [0.3, 0.4) is 0 Å². The summed E-state index contributed by atoms with van der Waals surface area (Å²) in [5.74, 6) is -0.803. The zero-order valence-corrected chi connectivity index (χ0v) is 10.1. The van der Waals surface area contributed by atoms with Crippen molar-refractivity contribution >= 4 is 32.8 Å². The van der Waals surface area contributed by atoms with Gasteiger partial charge in [0.25, 0.3) is 0 Å². The van der Waals surface area contributed by atoms with Gasteiger partial charge in [0.05, 0.1) is 12.1 Å². The summed E-state index contributed by atoms with van der Waals surface area (Å²) < 4.78 is 18.5. The summed E-state index contributed by atoms with van der Waals surface area (Å²) in [5.41, 5.74) is 0.887. The van der Waals surface area contributed by atoms with Crippen LogP contribution in [0.2, 0.25) is 0 Å². The molecule has 5 heteroatoms. The van der Waals surface area contributed by atoms with Gasteiger partial charge in [-0.1, -0.05) is 0 Å². The molecule has 1 heterocycles. The number of carbonyl (C=O) groups is 1. The lowest BCUT2D eigenvalue weighted by Crippen LogP contribution is -2.04. The van der Waals surface area contributed by atoms with Gasteiger partial charge in [0.2, 0.25) is 0 Å². The molecule has 2 rings (SSSR count). The van der Waals surface area contributed by atoms with E-state index in [1.807, 2.05) is 0 Å². The standard InChI is InChI=1S/C11H9BrFNO2/c1-2-16-11(15)10-5-7-8(12)3-6(13)4-9(7)14-10/h3-5,14H,2H2,1H3. The van der Waals surface area contributed by atoms with E-state index >= 15 is 0 Å². The number of ether oxygens (including phenoxy) is 1. The van der Waals surface area contributed by atoms with Crippen molar-refractivity contribution in [2.45, 2.75) is 6.92 Å². The van der Waals surface area contributed by atoms with E-state index in [2.05, 4.69) is 20.9 Å². The number of esters is 1. The number of aromatic amines is 1. The number of nitrogens with one attached hydrogen (secondary N) is 1. The van der Waals surface area contributed by atoms with E-state index in [4.69, 9.17) is 4.74 Å². The molecule has 0 bridgehead atoms. The molecule has 84 valence electrons. The van der Waals surface area contributed by atoms with Gasteiger partial charge in [-0.05, 0) is 41.1 Å². The number of aromatic nitrogens is 1. The van der Waals surface area contributed by atoms with Crippen LogP contribution in [-0.4, -0.2) is 17.6 Å². The summed E-state index contributed by atoms with van der Waals surface area (Å²) in [6.45, 7) is 2.04. The number of halogens is 2. The van der Waals surface area contributed by atoms with Crippen LogP contribution in [0.25, 0.3) is 10.9 Å². The Hall–Kier alpha value is -1.36. The van der Waals surface area contributed by atoms with Crippen LogP contribution in [0.15, 0.2) is 22.7 Å². The molecule has 0 fully saturated rings. The molecule has 2 aromatic rings. The quantitative estimate of drug-likeness (QED) is 0.861. The first-order chi connectivity index (χ1) is 7.61. The highest BCUT2D eigenvalue weighted by molar-refractivity contribution is 9.10. The van der Waals surface area contributed by atoms with Gasteiger partial charge in [0.1, 0.15) is 11.5 Å². The number of carbonyl (C=O) groups excluding carboxylic acids is 1. The van der Waals surface area contributed by atoms with Crippen molar-refractivity contribution in [1.29, 1.82) is 0 Å². The van der Waals surface area contributed by atoms with E-state index in [9.17, 15) is 9.18 Å². The molecule has 0 saturated heterocycles. The summed E-state index contributed by atoms with van der Waals surface area (Å²) in [6.07, 6.45) is 0. The Morgan fingerprint density at radius 3 is 2.94 bits per heavy atom. The van der Waals surface area contributed by atoms with Gasteiger partial charge in [-0.3, -0.25) is 0 Å². The van der Waals surface area contributed by atoms with Crippen molar-refractivity contribution in [2.75, 3.05) is 6.61 Å². The SMILES string of the molecule is CCOC(=O)c1cc2c(Br)cc(F)cc2[nH]1. The van der Waals surface area contributed by atoms with Crippen molar-refractivity contribution in [3.8, 4) is 0 Å². The first-order valence-corrected chi connectivity index (χ1v) is 5.56. The van der Waals surface area contributed by atoms with Crippen molar-refractivity contribution in [3.05, 3.63) is 34.2 Å². The lowest BCUT2D eigenvalue weighted by atomic mass is 10.2. The summed E-state index contributed by atoms with van der Waals surface area (Å²) >= 11 is 3.24. The molecule has 0 unspecified atom stereocenters. The second-order valence-electron chi connectivity index (χ2n) is 3.25. The molecule has 0 atom stereocenters. The van der Waals surface area contributed by atoms with Gasteiger partial charge < -0.3 is 9.72 Å². The number of H-pyrrole nitrogens is 1. The Morgan fingerprint density at radius 2 is 2.25 bits per heavy atom. The number of hydrogen-bond acceptors (Lipinski definition) is 2. The first-order valence-electron chi connectivity index (χ1n) is 4.76. The topological polar surface area (TPSA) is 42.1 Å². The lowest BCUT2D eigenvalue weighted by molar-refractivity contribution is 0.0520. The van der Waals surface area contributed by atoms with Crippen molar-refractivity contribution in [3.63, 3.8) is 0 Å². The van der Waals surface area contributed by atoms with Gasteiger partial charge >= 0.3 is 5.97 Å². The number of rotatable bonds is 2. The molecule has 0 aliphatic rings. The van der Waals surface area contributed by atoms with Crippen molar-refractivity contribution in [1.82, 2.24) is 4.98 Å². The molecule has 0 aliphatic carbocycles. The summed E-state index contributed by atoms with van der Waals surface area (Å²) in [5, 5.41) is 0.754. The minimum atomic E-state index is -0.439. The summed E-state index contributed by atoms with van der Waals surface area (Å²) in [6, 6.07) is 4.32. The molecule has 1 aromatic carbocycles.